The van der Waals surface area contributed by atoms with E-state index in [1.165, 1.54) is 19.3 Å². The van der Waals surface area contributed by atoms with Crippen molar-refractivity contribution in [2.75, 3.05) is 0 Å². The molecule has 4 heteroatoms. The minimum atomic E-state index is 0.143. The molecule has 0 bridgehead atoms. The number of piperidine rings is 1. The third kappa shape index (κ3) is 2.41. The summed E-state index contributed by atoms with van der Waals surface area (Å²) in [5.74, 6) is 2.83. The van der Waals surface area contributed by atoms with Crippen molar-refractivity contribution in [2.24, 2.45) is 34.5 Å². The number of amides is 1. The Labute approximate surface area is 161 Å². The van der Waals surface area contributed by atoms with Crippen LogP contribution < -0.4 is 5.32 Å². The standard InChI is InChI=1S/C23H32N2O2/c1-22-11-9-16-14(5-8-19-23(16,2)12-10-20(26)25-19)15(22)6-7-17(22)21(27)18-4-3-13-24-18/h3-4,13-17,19,24H,5-12H2,1-2H3,(H,25,26)/t14-,15-,16-,17+,19?,22-,23+/m0/s1. The summed E-state index contributed by atoms with van der Waals surface area (Å²) in [4.78, 5) is 28.2. The fourth-order valence-corrected chi connectivity index (χ4v) is 7.80. The second kappa shape index (κ2) is 5.96. The highest BCUT2D eigenvalue weighted by molar-refractivity contribution is 5.97. The van der Waals surface area contributed by atoms with Crippen LogP contribution in [0.2, 0.25) is 0 Å². The molecule has 1 unspecified atom stereocenters. The minimum Gasteiger partial charge on any atom is -0.359 e. The average Bonchev–Trinajstić information content (AvgIpc) is 3.29. The van der Waals surface area contributed by atoms with Crippen molar-refractivity contribution in [3.8, 4) is 0 Å². The third-order valence-corrected chi connectivity index (χ3v) is 9.27. The number of hydrogen-bond acceptors (Lipinski definition) is 2. The predicted octanol–water partition coefficient (Wildman–Crippen LogP) is 4.33. The van der Waals surface area contributed by atoms with Crippen LogP contribution in [0.4, 0.5) is 0 Å². The summed E-state index contributed by atoms with van der Waals surface area (Å²) in [5, 5.41) is 3.31. The molecule has 2 N–H and O–H groups in total. The molecule has 7 atom stereocenters. The van der Waals surface area contributed by atoms with Gasteiger partial charge in [0.05, 0.1) is 5.69 Å². The van der Waals surface area contributed by atoms with E-state index in [0.717, 1.165) is 37.3 Å². The maximum absolute atomic E-state index is 13.2. The second-order valence-corrected chi connectivity index (χ2v) is 10.2. The molecule has 27 heavy (non-hydrogen) atoms. The Morgan fingerprint density at radius 3 is 2.63 bits per heavy atom. The largest absolute Gasteiger partial charge is 0.359 e. The smallest absolute Gasteiger partial charge is 0.220 e. The summed E-state index contributed by atoms with van der Waals surface area (Å²) in [6.45, 7) is 4.84. The normalized spacial score (nSPS) is 46.1. The Bertz CT molecular complexity index is 756. The van der Waals surface area contributed by atoms with Gasteiger partial charge in [0, 0.05) is 24.6 Å². The van der Waals surface area contributed by atoms with Crippen molar-refractivity contribution in [3.63, 3.8) is 0 Å². The number of H-pyrrole nitrogens is 1. The van der Waals surface area contributed by atoms with Gasteiger partial charge in [0.2, 0.25) is 5.91 Å². The fourth-order valence-electron chi connectivity index (χ4n) is 7.80. The van der Waals surface area contributed by atoms with Crippen molar-refractivity contribution in [3.05, 3.63) is 24.0 Å². The molecule has 1 aromatic heterocycles. The zero-order valence-electron chi connectivity index (χ0n) is 16.6. The Hall–Kier alpha value is -1.58. The summed E-state index contributed by atoms with van der Waals surface area (Å²) >= 11 is 0. The van der Waals surface area contributed by atoms with Gasteiger partial charge in [-0.25, -0.2) is 0 Å². The van der Waals surface area contributed by atoms with E-state index in [9.17, 15) is 9.59 Å². The number of fused-ring (bicyclic) bond motifs is 5. The lowest BCUT2D eigenvalue weighted by Crippen LogP contribution is -2.61. The molecule has 1 aliphatic heterocycles. The number of Topliss-reactive ketones (excluding diaryl/α,β-unsaturated/α-hetero) is 1. The number of hydrogen-bond donors (Lipinski definition) is 2. The number of ketones is 1. The van der Waals surface area contributed by atoms with Gasteiger partial charge in [-0.15, -0.1) is 0 Å². The first-order chi connectivity index (χ1) is 12.9. The third-order valence-electron chi connectivity index (χ3n) is 9.27. The number of aromatic nitrogens is 1. The van der Waals surface area contributed by atoms with Crippen molar-refractivity contribution >= 4 is 11.7 Å². The molecular formula is C23H32N2O2. The molecule has 4 fully saturated rings. The van der Waals surface area contributed by atoms with Crippen LogP contribution in [-0.4, -0.2) is 22.7 Å². The number of carbonyl (C=O) groups excluding carboxylic acids is 2. The lowest BCUT2D eigenvalue weighted by atomic mass is 9.47. The van der Waals surface area contributed by atoms with E-state index >= 15 is 0 Å². The van der Waals surface area contributed by atoms with E-state index in [2.05, 4.69) is 24.1 Å². The molecule has 5 rings (SSSR count). The van der Waals surface area contributed by atoms with Crippen molar-refractivity contribution in [2.45, 2.75) is 71.3 Å². The van der Waals surface area contributed by atoms with Gasteiger partial charge >= 0.3 is 0 Å². The summed E-state index contributed by atoms with van der Waals surface area (Å²) in [6.07, 6.45) is 10.5. The first-order valence-corrected chi connectivity index (χ1v) is 10.9. The molecule has 0 aromatic carbocycles. The average molecular weight is 369 g/mol. The Kier molecular flexibility index (Phi) is 3.86. The van der Waals surface area contributed by atoms with E-state index in [-0.39, 0.29) is 22.7 Å². The van der Waals surface area contributed by atoms with Crippen LogP contribution in [-0.2, 0) is 4.79 Å². The van der Waals surface area contributed by atoms with E-state index < -0.39 is 0 Å². The van der Waals surface area contributed by atoms with Gasteiger partial charge < -0.3 is 10.3 Å². The maximum Gasteiger partial charge on any atom is 0.220 e. The highest BCUT2D eigenvalue weighted by atomic mass is 16.1. The van der Waals surface area contributed by atoms with Crippen LogP contribution in [0.1, 0.15) is 75.7 Å². The van der Waals surface area contributed by atoms with Gasteiger partial charge in [-0.3, -0.25) is 9.59 Å². The highest BCUT2D eigenvalue weighted by Gasteiger charge is 2.61. The Balaban J connectivity index is 1.42. The SMILES string of the molecule is C[C@]12CC[C@H]3[C@@H](CCC4NC(=O)CC[C@@]43C)[C@@H]1CC[C@@H]2C(=O)c1ccc[nH]1. The van der Waals surface area contributed by atoms with Crippen LogP contribution >= 0.6 is 0 Å². The molecule has 3 aliphatic carbocycles. The van der Waals surface area contributed by atoms with Gasteiger partial charge in [0.15, 0.2) is 5.78 Å². The predicted molar refractivity (Wildman–Crippen MR) is 104 cm³/mol. The molecule has 4 nitrogen and oxygen atoms in total. The summed E-state index contributed by atoms with van der Waals surface area (Å²) < 4.78 is 0. The van der Waals surface area contributed by atoms with Crippen LogP contribution in [0.5, 0.6) is 0 Å². The number of aromatic amines is 1. The van der Waals surface area contributed by atoms with E-state index in [1.54, 1.807) is 0 Å². The highest BCUT2D eigenvalue weighted by Crippen LogP contribution is 2.65. The molecule has 0 spiro atoms. The van der Waals surface area contributed by atoms with E-state index in [0.29, 0.717) is 30.1 Å². The lowest BCUT2D eigenvalue weighted by Gasteiger charge is -2.60. The van der Waals surface area contributed by atoms with Gasteiger partial charge in [0.25, 0.3) is 0 Å². The number of nitrogens with one attached hydrogen (secondary N) is 2. The molecule has 4 aliphatic rings. The summed E-state index contributed by atoms with van der Waals surface area (Å²) in [7, 11) is 0. The zero-order chi connectivity index (χ0) is 18.8. The van der Waals surface area contributed by atoms with Crippen molar-refractivity contribution in [1.29, 1.82) is 0 Å². The van der Waals surface area contributed by atoms with Gasteiger partial charge in [-0.1, -0.05) is 13.8 Å². The molecule has 146 valence electrons. The number of rotatable bonds is 2. The summed E-state index contributed by atoms with van der Waals surface area (Å²) in [5.41, 5.74) is 1.18. The maximum atomic E-state index is 13.2. The first-order valence-electron chi connectivity index (χ1n) is 10.9. The van der Waals surface area contributed by atoms with Gasteiger partial charge in [-0.2, -0.15) is 0 Å². The van der Waals surface area contributed by atoms with Crippen LogP contribution in [0.3, 0.4) is 0 Å². The Morgan fingerprint density at radius 2 is 1.85 bits per heavy atom. The molecular weight excluding hydrogens is 336 g/mol. The first kappa shape index (κ1) is 17.5. The van der Waals surface area contributed by atoms with Crippen LogP contribution in [0, 0.1) is 34.5 Å². The summed E-state index contributed by atoms with van der Waals surface area (Å²) in [6, 6.07) is 4.22. The molecule has 1 saturated heterocycles. The molecule has 3 saturated carbocycles. The fraction of sp³-hybridized carbons (Fsp3) is 0.739. The molecule has 0 radical (unpaired) electrons. The molecule has 1 amide bonds. The van der Waals surface area contributed by atoms with E-state index in [1.807, 2.05) is 18.3 Å². The van der Waals surface area contributed by atoms with E-state index in [4.69, 9.17) is 0 Å². The van der Waals surface area contributed by atoms with Crippen LogP contribution in [0.25, 0.3) is 0 Å². The minimum absolute atomic E-state index is 0.143. The second-order valence-electron chi connectivity index (χ2n) is 10.2. The monoisotopic (exact) mass is 368 g/mol. The van der Waals surface area contributed by atoms with Gasteiger partial charge in [0.1, 0.15) is 0 Å². The topological polar surface area (TPSA) is 62.0 Å². The Morgan fingerprint density at radius 1 is 1.04 bits per heavy atom. The van der Waals surface area contributed by atoms with Gasteiger partial charge in [-0.05, 0) is 85.7 Å². The number of carbonyl (C=O) groups is 2. The van der Waals surface area contributed by atoms with Crippen molar-refractivity contribution < 1.29 is 9.59 Å². The lowest BCUT2D eigenvalue weighted by molar-refractivity contribution is -0.136. The quantitative estimate of drug-likeness (QED) is 0.763. The molecule has 2 heterocycles. The van der Waals surface area contributed by atoms with Crippen LogP contribution in [0.15, 0.2) is 18.3 Å². The zero-order valence-corrected chi connectivity index (χ0v) is 16.6. The molecule has 1 aromatic rings. The van der Waals surface area contributed by atoms with Crippen molar-refractivity contribution in [1.82, 2.24) is 10.3 Å².